The molecule has 20 heavy (non-hydrogen) atoms. The Morgan fingerprint density at radius 3 is 2.70 bits per heavy atom. The van der Waals surface area contributed by atoms with Gasteiger partial charge >= 0.3 is 0 Å². The minimum Gasteiger partial charge on any atom is -0.382 e. The summed E-state index contributed by atoms with van der Waals surface area (Å²) < 4.78 is 1.35. The first-order chi connectivity index (χ1) is 9.60. The van der Waals surface area contributed by atoms with Crippen LogP contribution in [0.3, 0.4) is 0 Å². The van der Waals surface area contributed by atoms with Crippen molar-refractivity contribution in [2.75, 3.05) is 24.2 Å². The Morgan fingerprint density at radius 1 is 1.30 bits per heavy atom. The summed E-state index contributed by atoms with van der Waals surface area (Å²) >= 11 is 0. The number of hydrogen-bond donors (Lipinski definition) is 1. The second kappa shape index (κ2) is 6.14. The van der Waals surface area contributed by atoms with Gasteiger partial charge in [0.25, 0.3) is 5.56 Å². The van der Waals surface area contributed by atoms with Gasteiger partial charge in [-0.3, -0.25) is 9.78 Å². The second-order valence-electron chi connectivity index (χ2n) is 4.56. The number of hydrogen-bond acceptors (Lipinski definition) is 6. The fourth-order valence-corrected chi connectivity index (χ4v) is 1.82. The molecular formula is C13H18N6O. The lowest BCUT2D eigenvalue weighted by atomic mass is 10.3. The van der Waals surface area contributed by atoms with Gasteiger partial charge in [0.1, 0.15) is 5.82 Å². The monoisotopic (exact) mass is 274 g/mol. The van der Waals surface area contributed by atoms with Crippen LogP contribution in [0.5, 0.6) is 0 Å². The van der Waals surface area contributed by atoms with Crippen LogP contribution >= 0.6 is 0 Å². The van der Waals surface area contributed by atoms with E-state index in [-0.39, 0.29) is 12.1 Å². The predicted octanol–water partition coefficient (Wildman–Crippen LogP) is 0.510. The second-order valence-corrected chi connectivity index (χ2v) is 4.56. The molecule has 0 aliphatic heterocycles. The van der Waals surface area contributed by atoms with Gasteiger partial charge in [0.05, 0.1) is 36.5 Å². The fourth-order valence-electron chi connectivity index (χ4n) is 1.82. The van der Waals surface area contributed by atoms with Crippen molar-refractivity contribution in [3.63, 3.8) is 0 Å². The molecule has 0 bridgehead atoms. The van der Waals surface area contributed by atoms with E-state index in [0.717, 1.165) is 18.7 Å². The molecule has 0 saturated heterocycles. The molecule has 0 aliphatic carbocycles. The Hall–Kier alpha value is -2.44. The lowest BCUT2D eigenvalue weighted by Gasteiger charge is -2.17. The fraction of sp³-hybridized carbons (Fsp3) is 0.385. The summed E-state index contributed by atoms with van der Waals surface area (Å²) in [7, 11) is 1.94. The molecule has 0 atom stereocenters. The number of aromatic nitrogens is 4. The van der Waals surface area contributed by atoms with E-state index in [1.165, 1.54) is 10.9 Å². The molecule has 7 heteroatoms. The SMILES string of the molecule is CCCN(C)c1cnn(Cc2cnc(N)cn2)c(=O)c1. The van der Waals surface area contributed by atoms with Crippen LogP contribution in [0, 0.1) is 0 Å². The minimum atomic E-state index is -0.163. The van der Waals surface area contributed by atoms with E-state index in [1.54, 1.807) is 18.5 Å². The average Bonchev–Trinajstić information content (AvgIpc) is 2.43. The van der Waals surface area contributed by atoms with Gasteiger partial charge < -0.3 is 10.6 Å². The molecule has 2 rings (SSSR count). The van der Waals surface area contributed by atoms with Crippen molar-refractivity contribution in [1.29, 1.82) is 0 Å². The molecule has 0 amide bonds. The van der Waals surface area contributed by atoms with E-state index in [2.05, 4.69) is 22.0 Å². The van der Waals surface area contributed by atoms with Crippen LogP contribution in [0.15, 0.2) is 29.5 Å². The first-order valence-electron chi connectivity index (χ1n) is 6.45. The van der Waals surface area contributed by atoms with Gasteiger partial charge in [0.2, 0.25) is 0 Å². The standard InChI is InChI=1S/C13H18N6O/c1-3-4-18(2)11-5-13(20)19(17-7-11)9-10-6-16-12(14)8-15-10/h5-8H,3-4,9H2,1-2H3,(H2,14,16). The van der Waals surface area contributed by atoms with Crippen LogP contribution in [0.4, 0.5) is 11.5 Å². The molecule has 0 unspecified atom stereocenters. The van der Waals surface area contributed by atoms with Crippen LogP contribution in [-0.4, -0.2) is 33.3 Å². The number of nitrogens with two attached hydrogens (primary N) is 1. The number of rotatable bonds is 5. The highest BCUT2D eigenvalue weighted by atomic mass is 16.1. The molecule has 106 valence electrons. The van der Waals surface area contributed by atoms with Crippen molar-refractivity contribution in [1.82, 2.24) is 19.7 Å². The molecule has 0 fully saturated rings. The van der Waals surface area contributed by atoms with Crippen LogP contribution in [0.2, 0.25) is 0 Å². The van der Waals surface area contributed by atoms with Crippen molar-refractivity contribution < 1.29 is 0 Å². The van der Waals surface area contributed by atoms with Crippen molar-refractivity contribution in [2.45, 2.75) is 19.9 Å². The van der Waals surface area contributed by atoms with Gasteiger partial charge in [-0.15, -0.1) is 0 Å². The summed E-state index contributed by atoms with van der Waals surface area (Å²) in [6, 6.07) is 1.58. The van der Waals surface area contributed by atoms with E-state index in [4.69, 9.17) is 5.73 Å². The first-order valence-corrected chi connectivity index (χ1v) is 6.45. The summed E-state index contributed by atoms with van der Waals surface area (Å²) in [6.07, 6.45) is 5.70. The van der Waals surface area contributed by atoms with Crippen LogP contribution in [-0.2, 0) is 6.54 Å². The smallest absolute Gasteiger partial charge is 0.269 e. The molecule has 0 saturated carbocycles. The van der Waals surface area contributed by atoms with Crippen molar-refractivity contribution in [3.8, 4) is 0 Å². The van der Waals surface area contributed by atoms with Gasteiger partial charge in [-0.25, -0.2) is 9.67 Å². The molecule has 0 aromatic carbocycles. The molecule has 2 N–H and O–H groups in total. The van der Waals surface area contributed by atoms with Crippen LogP contribution in [0.25, 0.3) is 0 Å². The predicted molar refractivity (Wildman–Crippen MR) is 77.6 cm³/mol. The number of nitrogens with zero attached hydrogens (tertiary/aromatic N) is 5. The third-order valence-corrected chi connectivity index (χ3v) is 2.89. The highest BCUT2D eigenvalue weighted by molar-refractivity contribution is 5.41. The van der Waals surface area contributed by atoms with Gasteiger partial charge in [0, 0.05) is 19.7 Å². The quantitative estimate of drug-likeness (QED) is 0.854. The summed E-state index contributed by atoms with van der Waals surface area (Å²) in [4.78, 5) is 22.1. The molecular weight excluding hydrogens is 256 g/mol. The van der Waals surface area contributed by atoms with Crippen molar-refractivity contribution in [3.05, 3.63) is 40.7 Å². The highest BCUT2D eigenvalue weighted by Crippen LogP contribution is 2.07. The topological polar surface area (TPSA) is 89.9 Å². The van der Waals surface area contributed by atoms with E-state index in [9.17, 15) is 4.79 Å². The summed E-state index contributed by atoms with van der Waals surface area (Å²) in [5.74, 6) is 0.352. The number of anilines is 2. The molecule has 0 aliphatic rings. The zero-order valence-corrected chi connectivity index (χ0v) is 11.7. The highest BCUT2D eigenvalue weighted by Gasteiger charge is 2.05. The third-order valence-electron chi connectivity index (χ3n) is 2.89. The molecule has 2 aromatic rings. The maximum atomic E-state index is 12.0. The molecule has 7 nitrogen and oxygen atoms in total. The normalized spacial score (nSPS) is 10.5. The Bertz CT molecular complexity index is 622. The van der Waals surface area contributed by atoms with E-state index >= 15 is 0 Å². The molecule has 2 heterocycles. The Morgan fingerprint density at radius 2 is 2.10 bits per heavy atom. The summed E-state index contributed by atoms with van der Waals surface area (Å²) in [5.41, 5.74) is 6.76. The maximum absolute atomic E-state index is 12.0. The zero-order chi connectivity index (χ0) is 14.5. The number of nitrogen functional groups attached to an aromatic ring is 1. The maximum Gasteiger partial charge on any atom is 0.269 e. The lowest BCUT2D eigenvalue weighted by Crippen LogP contribution is -2.26. The van der Waals surface area contributed by atoms with Crippen LogP contribution < -0.4 is 16.2 Å². The van der Waals surface area contributed by atoms with E-state index in [0.29, 0.717) is 11.5 Å². The molecule has 0 spiro atoms. The van der Waals surface area contributed by atoms with Gasteiger partial charge in [-0.05, 0) is 6.42 Å². The third kappa shape index (κ3) is 3.31. The van der Waals surface area contributed by atoms with Crippen LogP contribution in [0.1, 0.15) is 19.0 Å². The average molecular weight is 274 g/mol. The minimum absolute atomic E-state index is 0.163. The Labute approximate surface area is 117 Å². The van der Waals surface area contributed by atoms with Crippen molar-refractivity contribution >= 4 is 11.5 Å². The first kappa shape index (κ1) is 14.0. The van der Waals surface area contributed by atoms with E-state index < -0.39 is 0 Å². The van der Waals surface area contributed by atoms with Gasteiger partial charge in [0.15, 0.2) is 0 Å². The largest absolute Gasteiger partial charge is 0.382 e. The molecule has 2 aromatic heterocycles. The van der Waals surface area contributed by atoms with E-state index in [1.807, 2.05) is 11.9 Å². The zero-order valence-electron chi connectivity index (χ0n) is 11.7. The van der Waals surface area contributed by atoms with Gasteiger partial charge in [-0.1, -0.05) is 6.92 Å². The lowest BCUT2D eigenvalue weighted by molar-refractivity contribution is 0.624. The Balaban J connectivity index is 2.17. The summed E-state index contributed by atoms with van der Waals surface area (Å²) in [5, 5.41) is 4.16. The Kier molecular flexibility index (Phi) is 4.29. The van der Waals surface area contributed by atoms with Crippen molar-refractivity contribution in [2.24, 2.45) is 0 Å². The summed E-state index contributed by atoms with van der Waals surface area (Å²) in [6.45, 7) is 3.25. The van der Waals surface area contributed by atoms with Gasteiger partial charge in [-0.2, -0.15) is 5.10 Å². The molecule has 0 radical (unpaired) electrons.